The topological polar surface area (TPSA) is 105 Å². The molecule has 0 aliphatic carbocycles. The third-order valence-electron chi connectivity index (χ3n) is 1.30. The van der Waals surface area contributed by atoms with Crippen LogP contribution in [0.25, 0.3) is 0 Å². The van der Waals surface area contributed by atoms with E-state index in [1.165, 1.54) is 0 Å². The molecule has 70 valence electrons. The summed E-state index contributed by atoms with van der Waals surface area (Å²) in [7, 11) is 1.60. The molecule has 13 heavy (non-hydrogen) atoms. The van der Waals surface area contributed by atoms with Crippen LogP contribution in [0.3, 0.4) is 0 Å². The summed E-state index contributed by atoms with van der Waals surface area (Å²) in [6, 6.07) is 1.84. The Morgan fingerprint density at radius 1 is 1.54 bits per heavy atom. The lowest BCUT2D eigenvalue weighted by Gasteiger charge is -2.01. The summed E-state index contributed by atoms with van der Waals surface area (Å²) in [4.78, 5) is 10.5. The molecule has 0 bridgehead atoms. The first-order valence-electron chi connectivity index (χ1n) is 3.68. The summed E-state index contributed by atoms with van der Waals surface area (Å²) in [5, 5.41) is 2.91. The van der Waals surface area contributed by atoms with Crippen LogP contribution in [0, 0.1) is 0 Å². The van der Waals surface area contributed by atoms with Crippen LogP contribution < -0.4 is 16.8 Å². The highest BCUT2D eigenvalue weighted by molar-refractivity contribution is 6.01. The van der Waals surface area contributed by atoms with Gasteiger partial charge < -0.3 is 21.8 Å². The van der Waals surface area contributed by atoms with E-state index in [9.17, 15) is 0 Å². The van der Waals surface area contributed by atoms with Crippen LogP contribution in [-0.2, 0) is 0 Å². The van der Waals surface area contributed by atoms with Crippen LogP contribution >= 0.6 is 0 Å². The minimum Gasteiger partial charge on any atom is -0.370 e. The molecule has 1 rings (SSSR count). The highest BCUT2D eigenvalue weighted by Crippen LogP contribution is 2.03. The van der Waals surface area contributed by atoms with Crippen molar-refractivity contribution in [2.24, 2.45) is 21.5 Å². The number of guanidine groups is 2. The van der Waals surface area contributed by atoms with Crippen molar-refractivity contribution in [3.63, 3.8) is 0 Å². The van der Waals surface area contributed by atoms with E-state index in [0.717, 1.165) is 5.69 Å². The summed E-state index contributed by atoms with van der Waals surface area (Å²) in [6.45, 7) is 0. The second-order valence-corrected chi connectivity index (χ2v) is 2.31. The van der Waals surface area contributed by atoms with Gasteiger partial charge in [0.15, 0.2) is 5.96 Å². The van der Waals surface area contributed by atoms with Crippen LogP contribution in [-0.4, -0.2) is 24.0 Å². The molecule has 6 heteroatoms. The Labute approximate surface area is 75.8 Å². The van der Waals surface area contributed by atoms with Crippen molar-refractivity contribution in [2.45, 2.75) is 0 Å². The maximum absolute atomic E-state index is 5.20. The van der Waals surface area contributed by atoms with Gasteiger partial charge in [-0.15, -0.1) is 0 Å². The van der Waals surface area contributed by atoms with Gasteiger partial charge in [0.2, 0.25) is 5.96 Å². The van der Waals surface area contributed by atoms with E-state index in [1.54, 1.807) is 19.4 Å². The predicted octanol–water partition coefficient (Wildman–Crippen LogP) is -0.314. The maximum atomic E-state index is 5.20. The quantitative estimate of drug-likeness (QED) is 0.352. The van der Waals surface area contributed by atoms with Crippen LogP contribution in [0.1, 0.15) is 0 Å². The second-order valence-electron chi connectivity index (χ2n) is 2.31. The van der Waals surface area contributed by atoms with Crippen molar-refractivity contribution >= 4 is 17.6 Å². The molecule has 1 aromatic heterocycles. The second kappa shape index (κ2) is 4.15. The molecule has 1 aromatic rings. The van der Waals surface area contributed by atoms with Crippen LogP contribution in [0.15, 0.2) is 28.4 Å². The molecule has 0 aliphatic heterocycles. The molecule has 0 saturated carbocycles. The van der Waals surface area contributed by atoms with Gasteiger partial charge in [-0.05, 0) is 6.07 Å². The normalized spacial score (nSPS) is 11.0. The van der Waals surface area contributed by atoms with E-state index in [1.807, 2.05) is 6.07 Å². The van der Waals surface area contributed by atoms with E-state index in [0.29, 0.717) is 5.96 Å². The van der Waals surface area contributed by atoms with Crippen molar-refractivity contribution in [1.29, 1.82) is 0 Å². The van der Waals surface area contributed by atoms with Gasteiger partial charge in [0.1, 0.15) is 0 Å². The zero-order valence-electron chi connectivity index (χ0n) is 7.28. The van der Waals surface area contributed by atoms with Gasteiger partial charge in [-0.1, -0.05) is 0 Å². The number of anilines is 1. The molecule has 0 aliphatic rings. The summed E-state index contributed by atoms with van der Waals surface area (Å²) < 4.78 is 0. The van der Waals surface area contributed by atoms with Crippen molar-refractivity contribution in [1.82, 2.24) is 4.98 Å². The van der Waals surface area contributed by atoms with Crippen LogP contribution in [0.2, 0.25) is 0 Å². The first-order valence-corrected chi connectivity index (χ1v) is 3.68. The van der Waals surface area contributed by atoms with Gasteiger partial charge in [-0.25, -0.2) is 0 Å². The largest absolute Gasteiger partial charge is 0.370 e. The summed E-state index contributed by atoms with van der Waals surface area (Å²) in [5.41, 5.74) is 11.2. The zero-order chi connectivity index (χ0) is 9.68. The lowest BCUT2D eigenvalue weighted by atomic mass is 10.5. The number of nitrogens with zero attached hydrogens (tertiary/aromatic N) is 2. The van der Waals surface area contributed by atoms with Crippen molar-refractivity contribution in [2.75, 3.05) is 12.4 Å². The number of aromatic amines is 1. The molecule has 0 aromatic carbocycles. The first-order chi connectivity index (χ1) is 6.22. The van der Waals surface area contributed by atoms with Gasteiger partial charge in [0.05, 0.1) is 5.69 Å². The fraction of sp³-hybridized carbons (Fsp3) is 0.143. The van der Waals surface area contributed by atoms with Crippen LogP contribution in [0.4, 0.5) is 5.69 Å². The number of H-pyrrole nitrogens is 1. The fourth-order valence-electron chi connectivity index (χ4n) is 0.787. The van der Waals surface area contributed by atoms with Crippen molar-refractivity contribution in [3.8, 4) is 0 Å². The van der Waals surface area contributed by atoms with Gasteiger partial charge in [-0.3, -0.25) is 4.99 Å². The van der Waals surface area contributed by atoms with E-state index < -0.39 is 0 Å². The molecule has 0 unspecified atom stereocenters. The van der Waals surface area contributed by atoms with Crippen molar-refractivity contribution in [3.05, 3.63) is 18.5 Å². The number of aliphatic imine (C=N–C) groups is 2. The molecule has 0 spiro atoms. The number of rotatable bonds is 1. The van der Waals surface area contributed by atoms with Crippen molar-refractivity contribution < 1.29 is 0 Å². The van der Waals surface area contributed by atoms with Gasteiger partial charge >= 0.3 is 0 Å². The fourth-order valence-corrected chi connectivity index (χ4v) is 0.787. The summed E-state index contributed by atoms with van der Waals surface area (Å²) >= 11 is 0. The lowest BCUT2D eigenvalue weighted by Crippen LogP contribution is -2.26. The molecule has 0 radical (unpaired) electrons. The molecular formula is C7H12N6. The number of nitrogens with two attached hydrogens (primary N) is 2. The average molecular weight is 180 g/mol. The Hall–Kier alpha value is -1.98. The maximum Gasteiger partial charge on any atom is 0.225 e. The molecule has 0 amide bonds. The molecule has 6 N–H and O–H groups in total. The molecule has 0 saturated heterocycles. The minimum absolute atomic E-state index is 0.0244. The predicted molar refractivity (Wildman–Crippen MR) is 53.6 cm³/mol. The molecule has 0 fully saturated rings. The Balaban J connectivity index is 2.67. The highest BCUT2D eigenvalue weighted by atomic mass is 15.2. The minimum atomic E-state index is -0.0244. The average Bonchev–Trinajstić information content (AvgIpc) is 2.55. The Bertz CT molecular complexity index is 306. The number of hydrogen-bond donors (Lipinski definition) is 4. The number of aromatic nitrogens is 1. The smallest absolute Gasteiger partial charge is 0.225 e. The molecule has 6 nitrogen and oxygen atoms in total. The SMILES string of the molecule is CN=C(N=C(N)N)Nc1cc[nH]c1. The first kappa shape index (κ1) is 9.11. The number of nitrogens with one attached hydrogen (secondary N) is 2. The standard InChI is InChI=1S/C7H12N6/c1-10-7(13-6(8)9)12-5-2-3-11-4-5/h2-4,11H,1H3,(H5,8,9,10,12,13). The summed E-state index contributed by atoms with van der Waals surface area (Å²) in [6.07, 6.45) is 3.55. The molecule has 1 heterocycles. The van der Waals surface area contributed by atoms with Gasteiger partial charge in [-0.2, -0.15) is 4.99 Å². The highest BCUT2D eigenvalue weighted by Gasteiger charge is 1.96. The number of hydrogen-bond acceptors (Lipinski definition) is 1. The monoisotopic (exact) mass is 180 g/mol. The Kier molecular flexibility index (Phi) is 2.91. The summed E-state index contributed by atoms with van der Waals surface area (Å²) in [5.74, 6) is 0.350. The third kappa shape index (κ3) is 2.86. The zero-order valence-corrected chi connectivity index (χ0v) is 7.28. The van der Waals surface area contributed by atoms with E-state index in [-0.39, 0.29) is 5.96 Å². The van der Waals surface area contributed by atoms with Gasteiger partial charge in [0, 0.05) is 19.4 Å². The van der Waals surface area contributed by atoms with E-state index in [4.69, 9.17) is 11.5 Å². The molecule has 0 atom stereocenters. The molecular weight excluding hydrogens is 168 g/mol. The lowest BCUT2D eigenvalue weighted by molar-refractivity contribution is 1.35. The van der Waals surface area contributed by atoms with E-state index in [2.05, 4.69) is 20.3 Å². The van der Waals surface area contributed by atoms with Gasteiger partial charge in [0.25, 0.3) is 0 Å². The third-order valence-corrected chi connectivity index (χ3v) is 1.30. The van der Waals surface area contributed by atoms with E-state index >= 15 is 0 Å². The van der Waals surface area contributed by atoms with Crippen LogP contribution in [0.5, 0.6) is 0 Å². The Morgan fingerprint density at radius 2 is 2.31 bits per heavy atom. The Morgan fingerprint density at radius 3 is 2.77 bits per heavy atom.